The Hall–Kier alpha value is -0.630. The van der Waals surface area contributed by atoms with Gasteiger partial charge < -0.3 is 10.1 Å². The first-order chi connectivity index (χ1) is 8.61. The molecule has 2 heterocycles. The van der Waals surface area contributed by atoms with Crippen molar-refractivity contribution in [3.8, 4) is 5.75 Å². The molecule has 0 saturated carbocycles. The van der Waals surface area contributed by atoms with Crippen molar-refractivity contribution in [2.45, 2.75) is 23.1 Å². The van der Waals surface area contributed by atoms with Crippen LogP contribution in [0.1, 0.15) is 12.8 Å². The van der Waals surface area contributed by atoms with Gasteiger partial charge >= 0.3 is 0 Å². The summed E-state index contributed by atoms with van der Waals surface area (Å²) in [6, 6.07) is 1.74. The molecule has 1 N–H and O–H groups in total. The summed E-state index contributed by atoms with van der Waals surface area (Å²) in [6.45, 7) is 1.28. The summed E-state index contributed by atoms with van der Waals surface area (Å²) >= 11 is 1.21. The van der Waals surface area contributed by atoms with Crippen LogP contribution in [-0.4, -0.2) is 46.0 Å². The molecule has 1 saturated heterocycles. The SMILES string of the molecule is CNCC1CCCN1S(=O)(=O)c1sccc1OC. The van der Waals surface area contributed by atoms with Crippen LogP contribution in [-0.2, 0) is 10.0 Å². The normalized spacial score (nSPS) is 21.3. The lowest BCUT2D eigenvalue weighted by molar-refractivity contribution is 0.373. The molecule has 1 aliphatic rings. The van der Waals surface area contributed by atoms with Gasteiger partial charge in [-0.15, -0.1) is 11.3 Å². The Morgan fingerprint density at radius 3 is 3.06 bits per heavy atom. The Morgan fingerprint density at radius 2 is 2.39 bits per heavy atom. The minimum absolute atomic E-state index is 0.0480. The average Bonchev–Trinajstić information content (AvgIpc) is 2.97. The first-order valence-electron chi connectivity index (χ1n) is 5.89. The van der Waals surface area contributed by atoms with E-state index >= 15 is 0 Å². The Labute approximate surface area is 112 Å². The summed E-state index contributed by atoms with van der Waals surface area (Å²) in [4.78, 5) is 0. The summed E-state index contributed by atoms with van der Waals surface area (Å²) in [5, 5.41) is 4.80. The van der Waals surface area contributed by atoms with Gasteiger partial charge in [-0.1, -0.05) is 0 Å². The average molecular weight is 290 g/mol. The summed E-state index contributed by atoms with van der Waals surface area (Å²) in [5.74, 6) is 0.440. The van der Waals surface area contributed by atoms with Gasteiger partial charge in [-0.3, -0.25) is 0 Å². The number of ether oxygens (including phenoxy) is 1. The zero-order chi connectivity index (χ0) is 13.2. The van der Waals surface area contributed by atoms with Crippen LogP contribution in [0, 0.1) is 0 Å². The van der Waals surface area contributed by atoms with Crippen molar-refractivity contribution in [2.75, 3.05) is 27.2 Å². The van der Waals surface area contributed by atoms with Gasteiger partial charge in [0.2, 0.25) is 0 Å². The topological polar surface area (TPSA) is 58.6 Å². The molecule has 18 heavy (non-hydrogen) atoms. The molecule has 5 nitrogen and oxygen atoms in total. The highest BCUT2D eigenvalue weighted by molar-refractivity contribution is 7.91. The maximum absolute atomic E-state index is 12.6. The fraction of sp³-hybridized carbons (Fsp3) is 0.636. The molecule has 0 spiro atoms. The Kier molecular flexibility index (Phi) is 4.26. The number of likely N-dealkylation sites (N-methyl/N-ethyl adjacent to an activating group) is 1. The first-order valence-corrected chi connectivity index (χ1v) is 8.21. The molecule has 0 aliphatic carbocycles. The van der Waals surface area contributed by atoms with E-state index in [9.17, 15) is 8.42 Å². The second kappa shape index (κ2) is 5.56. The third kappa shape index (κ3) is 2.40. The molecule has 0 amide bonds. The van der Waals surface area contributed by atoms with Gasteiger partial charge in [0, 0.05) is 19.1 Å². The molecule has 7 heteroatoms. The van der Waals surface area contributed by atoms with Crippen LogP contribution in [0.2, 0.25) is 0 Å². The van der Waals surface area contributed by atoms with Gasteiger partial charge in [-0.25, -0.2) is 8.42 Å². The van der Waals surface area contributed by atoms with Crippen molar-refractivity contribution in [1.29, 1.82) is 0 Å². The Bertz CT molecular complexity index is 498. The molecule has 1 aromatic rings. The molecule has 1 aliphatic heterocycles. The van der Waals surface area contributed by atoms with E-state index in [0.717, 1.165) is 12.8 Å². The molecule has 1 aromatic heterocycles. The van der Waals surface area contributed by atoms with Crippen LogP contribution in [0.3, 0.4) is 0 Å². The minimum Gasteiger partial charge on any atom is -0.494 e. The van der Waals surface area contributed by atoms with Crippen LogP contribution < -0.4 is 10.1 Å². The third-order valence-electron chi connectivity index (χ3n) is 3.12. The zero-order valence-corrected chi connectivity index (χ0v) is 12.2. The minimum atomic E-state index is -3.42. The number of hydrogen-bond donors (Lipinski definition) is 1. The maximum Gasteiger partial charge on any atom is 0.256 e. The van der Waals surface area contributed by atoms with E-state index in [4.69, 9.17) is 4.74 Å². The molecule has 1 atom stereocenters. The van der Waals surface area contributed by atoms with Crippen molar-refractivity contribution >= 4 is 21.4 Å². The van der Waals surface area contributed by atoms with E-state index in [1.165, 1.54) is 18.4 Å². The predicted molar refractivity (Wildman–Crippen MR) is 71.7 cm³/mol. The van der Waals surface area contributed by atoms with E-state index in [1.807, 2.05) is 7.05 Å². The van der Waals surface area contributed by atoms with Crippen LogP contribution in [0.15, 0.2) is 15.7 Å². The lowest BCUT2D eigenvalue weighted by atomic mass is 10.2. The Balaban J connectivity index is 2.31. The van der Waals surface area contributed by atoms with Crippen molar-refractivity contribution in [3.63, 3.8) is 0 Å². The van der Waals surface area contributed by atoms with E-state index in [0.29, 0.717) is 23.0 Å². The molecule has 0 aromatic carbocycles. The van der Waals surface area contributed by atoms with Crippen LogP contribution in [0.25, 0.3) is 0 Å². The molecule has 1 unspecified atom stereocenters. The van der Waals surface area contributed by atoms with Gasteiger partial charge in [-0.2, -0.15) is 4.31 Å². The quantitative estimate of drug-likeness (QED) is 0.883. The molecule has 2 rings (SSSR count). The zero-order valence-electron chi connectivity index (χ0n) is 10.5. The monoisotopic (exact) mass is 290 g/mol. The number of methoxy groups -OCH3 is 1. The number of nitrogens with zero attached hydrogens (tertiary/aromatic N) is 1. The Morgan fingerprint density at radius 1 is 1.61 bits per heavy atom. The molecule has 102 valence electrons. The highest BCUT2D eigenvalue weighted by Gasteiger charge is 2.37. The molecular weight excluding hydrogens is 272 g/mol. The van der Waals surface area contributed by atoms with Crippen LogP contribution in [0.5, 0.6) is 5.75 Å². The first kappa shape index (κ1) is 13.8. The fourth-order valence-corrected chi connectivity index (χ4v) is 5.38. The van der Waals surface area contributed by atoms with E-state index < -0.39 is 10.0 Å². The summed E-state index contributed by atoms with van der Waals surface area (Å²) in [7, 11) is -0.0844. The van der Waals surface area contributed by atoms with Crippen molar-refractivity contribution in [1.82, 2.24) is 9.62 Å². The predicted octanol–water partition coefficient (Wildman–Crippen LogP) is 1.13. The number of sulfonamides is 1. The molecule has 0 bridgehead atoms. The number of rotatable bonds is 5. The summed E-state index contributed by atoms with van der Waals surface area (Å²) < 4.78 is 32.2. The maximum atomic E-state index is 12.6. The fourth-order valence-electron chi connectivity index (χ4n) is 2.29. The van der Waals surface area contributed by atoms with E-state index in [1.54, 1.807) is 15.8 Å². The summed E-state index contributed by atoms with van der Waals surface area (Å²) in [6.07, 6.45) is 1.83. The number of hydrogen-bond acceptors (Lipinski definition) is 5. The van der Waals surface area contributed by atoms with Gasteiger partial charge in [0.15, 0.2) is 4.21 Å². The molecule has 0 radical (unpaired) electrons. The second-order valence-corrected chi connectivity index (χ2v) is 7.25. The van der Waals surface area contributed by atoms with Gasteiger partial charge in [0.25, 0.3) is 10.0 Å². The van der Waals surface area contributed by atoms with Gasteiger partial charge in [0.05, 0.1) is 7.11 Å². The lowest BCUT2D eigenvalue weighted by Gasteiger charge is -2.23. The van der Waals surface area contributed by atoms with Crippen molar-refractivity contribution in [2.24, 2.45) is 0 Å². The van der Waals surface area contributed by atoms with Crippen molar-refractivity contribution < 1.29 is 13.2 Å². The highest BCUT2D eigenvalue weighted by atomic mass is 32.2. The highest BCUT2D eigenvalue weighted by Crippen LogP contribution is 2.35. The van der Waals surface area contributed by atoms with E-state index in [-0.39, 0.29) is 6.04 Å². The van der Waals surface area contributed by atoms with Crippen molar-refractivity contribution in [3.05, 3.63) is 11.4 Å². The standard InChI is InChI=1S/C11H18N2O3S2/c1-12-8-9-4-3-6-13(9)18(14,15)11-10(16-2)5-7-17-11/h5,7,9,12H,3-4,6,8H2,1-2H3. The lowest BCUT2D eigenvalue weighted by Crippen LogP contribution is -2.40. The molecular formula is C11H18N2O3S2. The number of nitrogens with one attached hydrogen (secondary N) is 1. The molecule has 1 fully saturated rings. The van der Waals surface area contributed by atoms with Crippen LogP contribution in [0.4, 0.5) is 0 Å². The number of thiophene rings is 1. The van der Waals surface area contributed by atoms with E-state index in [2.05, 4.69) is 5.32 Å². The smallest absolute Gasteiger partial charge is 0.256 e. The van der Waals surface area contributed by atoms with Crippen LogP contribution >= 0.6 is 11.3 Å². The third-order valence-corrected chi connectivity index (χ3v) is 6.50. The van der Waals surface area contributed by atoms with Gasteiger partial charge in [-0.05, 0) is 31.3 Å². The van der Waals surface area contributed by atoms with Gasteiger partial charge in [0.1, 0.15) is 5.75 Å². The second-order valence-electron chi connectivity index (χ2n) is 4.25. The summed E-state index contributed by atoms with van der Waals surface area (Å²) in [5.41, 5.74) is 0. The largest absolute Gasteiger partial charge is 0.494 e.